The summed E-state index contributed by atoms with van der Waals surface area (Å²) in [7, 11) is 0. The van der Waals surface area contributed by atoms with Crippen molar-refractivity contribution in [3.63, 3.8) is 0 Å². The Hall–Kier alpha value is -4.08. The predicted molar refractivity (Wildman–Crippen MR) is 112 cm³/mol. The summed E-state index contributed by atoms with van der Waals surface area (Å²) >= 11 is 0. The Morgan fingerprint density at radius 1 is 0.914 bits per heavy atom. The number of amides is 1. The zero-order valence-corrected chi connectivity index (χ0v) is 17.8. The van der Waals surface area contributed by atoms with Crippen molar-refractivity contribution in [2.45, 2.75) is 18.9 Å². The fraction of sp³-hybridized carbons (Fsp3) is 0.160. The van der Waals surface area contributed by atoms with Crippen molar-refractivity contribution in [2.75, 3.05) is 0 Å². The van der Waals surface area contributed by atoms with Gasteiger partial charge in [0.2, 0.25) is 5.91 Å². The van der Waals surface area contributed by atoms with Crippen LogP contribution in [0.3, 0.4) is 0 Å². The number of fused-ring (bicyclic) bond motifs is 1. The Morgan fingerprint density at radius 3 is 2.20 bits per heavy atom. The average molecular weight is 489 g/mol. The summed E-state index contributed by atoms with van der Waals surface area (Å²) in [6.07, 6.45) is -0.643. The van der Waals surface area contributed by atoms with E-state index in [1.165, 1.54) is 24.3 Å². The van der Waals surface area contributed by atoms with Crippen LogP contribution in [0.4, 0.5) is 22.0 Å². The number of esters is 1. The van der Waals surface area contributed by atoms with Gasteiger partial charge in [-0.3, -0.25) is 14.4 Å². The van der Waals surface area contributed by atoms with Crippen LogP contribution in [0.25, 0.3) is 0 Å². The van der Waals surface area contributed by atoms with Gasteiger partial charge in [-0.15, -0.1) is 0 Å². The van der Waals surface area contributed by atoms with E-state index >= 15 is 0 Å². The van der Waals surface area contributed by atoms with E-state index in [2.05, 4.69) is 5.32 Å². The van der Waals surface area contributed by atoms with Gasteiger partial charge in [0.25, 0.3) is 0 Å². The number of carbonyl (C=O) groups is 3. The van der Waals surface area contributed by atoms with E-state index < -0.39 is 65.0 Å². The molecule has 35 heavy (non-hydrogen) atoms. The molecule has 0 radical (unpaired) electrons. The lowest BCUT2D eigenvalue weighted by Crippen LogP contribution is -2.39. The summed E-state index contributed by atoms with van der Waals surface area (Å²) in [4.78, 5) is 38.6. The fourth-order valence-corrected chi connectivity index (χ4v) is 3.96. The number of rotatable bonds is 6. The van der Waals surface area contributed by atoms with Crippen LogP contribution in [-0.2, 0) is 16.1 Å². The van der Waals surface area contributed by atoms with Gasteiger partial charge in [0.15, 0.2) is 23.2 Å². The number of hydrogen-bond donors (Lipinski definition) is 1. The third kappa shape index (κ3) is 5.06. The summed E-state index contributed by atoms with van der Waals surface area (Å²) < 4.78 is 73.5. The molecule has 0 aromatic heterocycles. The molecule has 5 nitrogen and oxygen atoms in total. The molecule has 0 fully saturated rings. The molecule has 1 aliphatic rings. The van der Waals surface area contributed by atoms with Crippen molar-refractivity contribution in [3.05, 3.63) is 100 Å². The quantitative estimate of drug-likeness (QED) is 0.181. The topological polar surface area (TPSA) is 72.5 Å². The largest absolute Gasteiger partial charge is 0.425 e. The number of ether oxygens (including phenoxy) is 1. The second-order valence-corrected chi connectivity index (χ2v) is 7.92. The molecular weight excluding hydrogens is 473 g/mol. The molecule has 3 aromatic carbocycles. The van der Waals surface area contributed by atoms with E-state index in [0.29, 0.717) is 18.2 Å². The lowest BCUT2D eigenvalue weighted by atomic mass is 9.77. The van der Waals surface area contributed by atoms with Gasteiger partial charge >= 0.3 is 5.97 Å². The monoisotopic (exact) mass is 489 g/mol. The van der Waals surface area contributed by atoms with Crippen LogP contribution in [0.15, 0.2) is 54.6 Å². The molecule has 1 heterocycles. The SMILES string of the molecule is O=C(CC(c1cc(F)c(F)c(F)c1)C1C(=O)Oc2ccccc2C1=O)NCc1cc(F)cc(F)c1. The lowest BCUT2D eigenvalue weighted by Gasteiger charge is -2.29. The van der Waals surface area contributed by atoms with Crippen LogP contribution in [0.5, 0.6) is 5.75 Å². The van der Waals surface area contributed by atoms with Crippen molar-refractivity contribution in [1.29, 1.82) is 0 Å². The molecule has 4 rings (SSSR count). The van der Waals surface area contributed by atoms with Crippen molar-refractivity contribution in [1.82, 2.24) is 5.32 Å². The minimum atomic E-state index is -1.76. The fourth-order valence-electron chi connectivity index (χ4n) is 3.96. The van der Waals surface area contributed by atoms with E-state index in [4.69, 9.17) is 4.74 Å². The summed E-state index contributed by atoms with van der Waals surface area (Å²) in [6.45, 7) is -0.307. The van der Waals surface area contributed by atoms with E-state index in [-0.39, 0.29) is 29.0 Å². The molecule has 0 saturated heterocycles. The van der Waals surface area contributed by atoms with Gasteiger partial charge in [-0.25, -0.2) is 22.0 Å². The number of halogens is 5. The maximum atomic E-state index is 14.0. The standard InChI is InChI=1S/C25H16F5NO4/c26-14-5-12(6-15(27)9-14)11-31-21(32)10-17(13-7-18(28)23(30)19(29)8-13)22-24(33)16-3-1-2-4-20(16)35-25(22)34/h1-9,17,22H,10-11H2,(H,31,32). The van der Waals surface area contributed by atoms with Gasteiger partial charge in [-0.1, -0.05) is 12.1 Å². The van der Waals surface area contributed by atoms with Gasteiger partial charge in [-0.05, 0) is 47.5 Å². The molecular formula is C25H16F5NO4. The van der Waals surface area contributed by atoms with E-state index in [1.54, 1.807) is 0 Å². The highest BCUT2D eigenvalue weighted by Gasteiger charge is 2.43. The molecule has 1 amide bonds. The summed E-state index contributed by atoms with van der Waals surface area (Å²) in [5, 5.41) is 2.38. The lowest BCUT2D eigenvalue weighted by molar-refractivity contribution is -0.139. The minimum absolute atomic E-state index is 0.00782. The minimum Gasteiger partial charge on any atom is -0.425 e. The van der Waals surface area contributed by atoms with Crippen LogP contribution in [-0.4, -0.2) is 17.7 Å². The Labute approximate surface area is 195 Å². The number of nitrogens with one attached hydrogen (secondary N) is 1. The predicted octanol–water partition coefficient (Wildman–Crippen LogP) is 4.59. The van der Waals surface area contributed by atoms with Gasteiger partial charge in [0, 0.05) is 24.9 Å². The molecule has 10 heteroatoms. The number of ketones is 1. The molecule has 2 unspecified atom stereocenters. The maximum absolute atomic E-state index is 14.0. The van der Waals surface area contributed by atoms with E-state index in [0.717, 1.165) is 12.1 Å². The van der Waals surface area contributed by atoms with Gasteiger partial charge < -0.3 is 10.1 Å². The van der Waals surface area contributed by atoms with E-state index in [9.17, 15) is 36.3 Å². The molecule has 0 bridgehead atoms. The van der Waals surface area contributed by atoms with Crippen molar-refractivity contribution < 1.29 is 41.1 Å². The molecule has 0 saturated carbocycles. The molecule has 2 atom stereocenters. The zero-order chi connectivity index (χ0) is 25.3. The molecule has 3 aromatic rings. The molecule has 0 spiro atoms. The first-order chi connectivity index (χ1) is 16.6. The highest BCUT2D eigenvalue weighted by atomic mass is 19.2. The molecule has 0 aliphatic carbocycles. The normalized spacial score (nSPS) is 15.9. The average Bonchev–Trinajstić information content (AvgIpc) is 2.79. The highest BCUT2D eigenvalue weighted by Crippen LogP contribution is 2.38. The maximum Gasteiger partial charge on any atom is 0.322 e. The Kier molecular flexibility index (Phi) is 6.63. The van der Waals surface area contributed by atoms with Gasteiger partial charge in [0.05, 0.1) is 5.56 Å². The van der Waals surface area contributed by atoms with Crippen LogP contribution < -0.4 is 10.1 Å². The summed E-state index contributed by atoms with van der Waals surface area (Å²) in [5.74, 6) is -12.3. The van der Waals surface area contributed by atoms with E-state index in [1.807, 2.05) is 0 Å². The Morgan fingerprint density at radius 2 is 1.54 bits per heavy atom. The van der Waals surface area contributed by atoms with Crippen LogP contribution in [0, 0.1) is 35.0 Å². The first-order valence-corrected chi connectivity index (χ1v) is 10.3. The van der Waals surface area contributed by atoms with Gasteiger partial charge in [-0.2, -0.15) is 0 Å². The number of benzene rings is 3. The summed E-state index contributed by atoms with van der Waals surface area (Å²) in [6, 6.07) is 9.65. The van der Waals surface area contributed by atoms with Crippen molar-refractivity contribution >= 4 is 17.7 Å². The van der Waals surface area contributed by atoms with Crippen LogP contribution >= 0.6 is 0 Å². The van der Waals surface area contributed by atoms with Crippen LogP contribution in [0.2, 0.25) is 0 Å². The molecule has 1 N–H and O–H groups in total. The van der Waals surface area contributed by atoms with Crippen molar-refractivity contribution in [3.8, 4) is 5.75 Å². The highest BCUT2D eigenvalue weighted by molar-refractivity contribution is 6.14. The Balaban J connectivity index is 1.65. The van der Waals surface area contributed by atoms with Crippen LogP contribution in [0.1, 0.15) is 33.8 Å². The zero-order valence-electron chi connectivity index (χ0n) is 17.8. The Bertz CT molecular complexity index is 1300. The first-order valence-electron chi connectivity index (χ1n) is 10.3. The second-order valence-electron chi connectivity index (χ2n) is 7.92. The van der Waals surface area contributed by atoms with Gasteiger partial charge in [0.1, 0.15) is 23.3 Å². The molecule has 1 aliphatic heterocycles. The number of Topliss-reactive ketones (excluding diaryl/α,β-unsaturated/α-hetero) is 1. The molecule has 180 valence electrons. The number of para-hydroxylation sites is 1. The summed E-state index contributed by atoms with van der Waals surface area (Å²) in [5.41, 5.74) is -0.197. The third-order valence-electron chi connectivity index (χ3n) is 5.55. The smallest absolute Gasteiger partial charge is 0.322 e. The first kappa shape index (κ1) is 24.1. The number of hydrogen-bond acceptors (Lipinski definition) is 4. The number of carbonyl (C=O) groups excluding carboxylic acids is 3. The third-order valence-corrected chi connectivity index (χ3v) is 5.55. The second kappa shape index (κ2) is 9.65. The van der Waals surface area contributed by atoms with Crippen molar-refractivity contribution in [2.24, 2.45) is 5.92 Å².